The summed E-state index contributed by atoms with van der Waals surface area (Å²) in [6.07, 6.45) is 0. The number of ether oxygens (including phenoxy) is 1. The topological polar surface area (TPSA) is 122 Å². The van der Waals surface area contributed by atoms with Crippen molar-refractivity contribution >= 4 is 17.4 Å². The number of methoxy groups -OCH3 is 1. The molecule has 26 heavy (non-hydrogen) atoms. The number of carbonyl (C=O) groups is 2. The second kappa shape index (κ2) is 8.54. The minimum atomic E-state index is -0.753. The molecule has 1 amide bonds. The summed E-state index contributed by atoms with van der Waals surface area (Å²) < 4.78 is 5.02. The maximum Gasteiger partial charge on any atom is 0.295 e. The first-order valence-electron chi connectivity index (χ1n) is 8.06. The van der Waals surface area contributed by atoms with E-state index < -0.39 is 22.7 Å². The van der Waals surface area contributed by atoms with E-state index in [0.29, 0.717) is 11.3 Å². The van der Waals surface area contributed by atoms with Gasteiger partial charge >= 0.3 is 0 Å². The van der Waals surface area contributed by atoms with Gasteiger partial charge in [-0.3, -0.25) is 19.7 Å². The number of nitro groups is 1. The van der Waals surface area contributed by atoms with Crippen molar-refractivity contribution < 1.29 is 24.4 Å². The molecule has 1 aromatic carbocycles. The molecule has 9 heteroatoms. The van der Waals surface area contributed by atoms with Crippen LogP contribution in [0.25, 0.3) is 0 Å². The lowest BCUT2D eigenvalue weighted by Crippen LogP contribution is -2.32. The number of nitrogens with one attached hydrogen (secondary N) is 1. The number of rotatable bonds is 8. The third-order valence-electron chi connectivity index (χ3n) is 4.12. The third-order valence-corrected chi connectivity index (χ3v) is 4.12. The Kier molecular flexibility index (Phi) is 6.42. The number of non-ortho nitro benzene ring substituents is 1. The molecule has 0 bridgehead atoms. The van der Waals surface area contributed by atoms with Gasteiger partial charge in [0, 0.05) is 38.0 Å². The molecular formula is C17H21N3O6. The number of ketones is 1. The summed E-state index contributed by atoms with van der Waals surface area (Å²) in [5.74, 6) is -1.35. The van der Waals surface area contributed by atoms with Gasteiger partial charge in [0.1, 0.15) is 0 Å². The maximum atomic E-state index is 12.6. The summed E-state index contributed by atoms with van der Waals surface area (Å²) in [6.45, 7) is 2.12. The van der Waals surface area contributed by atoms with E-state index in [9.17, 15) is 19.7 Å². The predicted molar refractivity (Wildman–Crippen MR) is 92.2 cm³/mol. The van der Waals surface area contributed by atoms with E-state index in [1.807, 2.05) is 0 Å². The van der Waals surface area contributed by atoms with E-state index in [1.165, 1.54) is 30.2 Å². The summed E-state index contributed by atoms with van der Waals surface area (Å²) in [4.78, 5) is 37.0. The zero-order chi connectivity index (χ0) is 19.3. The minimum Gasteiger partial charge on any atom is -0.395 e. The molecule has 0 aromatic heterocycles. The molecule has 0 radical (unpaired) electrons. The molecular weight excluding hydrogens is 342 g/mol. The van der Waals surface area contributed by atoms with Gasteiger partial charge in [0.25, 0.3) is 17.4 Å². The van der Waals surface area contributed by atoms with Crippen molar-refractivity contribution in [3.8, 4) is 0 Å². The Morgan fingerprint density at radius 3 is 2.77 bits per heavy atom. The molecule has 0 saturated carbocycles. The number of benzene rings is 1. The van der Waals surface area contributed by atoms with Gasteiger partial charge in [0.15, 0.2) is 0 Å². The van der Waals surface area contributed by atoms with Crippen LogP contribution in [-0.2, 0) is 14.3 Å². The Morgan fingerprint density at radius 1 is 1.42 bits per heavy atom. The number of nitrogens with zero attached hydrogens (tertiary/aromatic N) is 2. The van der Waals surface area contributed by atoms with E-state index >= 15 is 0 Å². The van der Waals surface area contributed by atoms with Gasteiger partial charge in [-0.25, -0.2) is 0 Å². The molecule has 9 nitrogen and oxygen atoms in total. The molecule has 2 N–H and O–H groups in total. The molecule has 1 aromatic rings. The number of amides is 1. The van der Waals surface area contributed by atoms with E-state index in [0.717, 1.165) is 0 Å². The zero-order valence-electron chi connectivity index (χ0n) is 14.6. The van der Waals surface area contributed by atoms with Crippen molar-refractivity contribution in [3.05, 3.63) is 51.2 Å². The molecule has 1 atom stereocenters. The smallest absolute Gasteiger partial charge is 0.295 e. The molecule has 2 rings (SSSR count). The summed E-state index contributed by atoms with van der Waals surface area (Å²) >= 11 is 0. The molecule has 140 valence electrons. The Bertz CT molecular complexity index is 746. The summed E-state index contributed by atoms with van der Waals surface area (Å²) in [7, 11) is 1.48. The number of aliphatic hydroxyl groups excluding tert-OH is 1. The molecule has 1 fully saturated rings. The van der Waals surface area contributed by atoms with Crippen molar-refractivity contribution in [2.75, 3.05) is 33.4 Å². The molecule has 1 saturated heterocycles. The van der Waals surface area contributed by atoms with Gasteiger partial charge in [-0.05, 0) is 12.5 Å². The first kappa shape index (κ1) is 19.5. The van der Waals surface area contributed by atoms with Gasteiger partial charge in [-0.1, -0.05) is 12.1 Å². The quantitative estimate of drug-likeness (QED) is 0.299. The largest absolute Gasteiger partial charge is 0.395 e. The van der Waals surface area contributed by atoms with Gasteiger partial charge < -0.3 is 20.1 Å². The van der Waals surface area contributed by atoms with Crippen LogP contribution in [0.2, 0.25) is 0 Å². The van der Waals surface area contributed by atoms with E-state index in [4.69, 9.17) is 9.84 Å². The van der Waals surface area contributed by atoms with Crippen molar-refractivity contribution in [2.24, 2.45) is 0 Å². The van der Waals surface area contributed by atoms with Crippen LogP contribution in [0.4, 0.5) is 5.69 Å². The normalized spacial score (nSPS) is 19.0. The molecule has 1 aliphatic heterocycles. The number of Topliss-reactive ketones (excluding diaryl/α,β-unsaturated/α-hetero) is 1. The highest BCUT2D eigenvalue weighted by Gasteiger charge is 2.45. The first-order chi connectivity index (χ1) is 12.4. The van der Waals surface area contributed by atoms with Gasteiger partial charge in [-0.15, -0.1) is 0 Å². The Balaban J connectivity index is 2.55. The number of hydrogen-bond acceptors (Lipinski definition) is 7. The fraction of sp³-hybridized carbons (Fsp3) is 0.412. The van der Waals surface area contributed by atoms with Gasteiger partial charge in [-0.2, -0.15) is 0 Å². The molecule has 0 aliphatic carbocycles. The minimum absolute atomic E-state index is 0.124. The first-order valence-corrected chi connectivity index (χ1v) is 8.06. The van der Waals surface area contributed by atoms with Gasteiger partial charge in [0.2, 0.25) is 0 Å². The van der Waals surface area contributed by atoms with Crippen LogP contribution in [-0.4, -0.2) is 60.0 Å². The van der Waals surface area contributed by atoms with Crippen LogP contribution in [0.5, 0.6) is 0 Å². The van der Waals surface area contributed by atoms with Crippen LogP contribution in [0.3, 0.4) is 0 Å². The van der Waals surface area contributed by atoms with Crippen molar-refractivity contribution in [1.82, 2.24) is 10.2 Å². The third kappa shape index (κ3) is 3.89. The fourth-order valence-corrected chi connectivity index (χ4v) is 2.93. The zero-order valence-corrected chi connectivity index (χ0v) is 14.6. The molecule has 1 heterocycles. The average Bonchev–Trinajstić information content (AvgIpc) is 2.89. The van der Waals surface area contributed by atoms with E-state index in [1.54, 1.807) is 13.0 Å². The highest BCUT2D eigenvalue weighted by Crippen LogP contribution is 2.37. The molecule has 0 unspecified atom stereocenters. The summed E-state index contributed by atoms with van der Waals surface area (Å²) in [5, 5.41) is 23.0. The lowest BCUT2D eigenvalue weighted by atomic mass is 9.96. The number of aliphatic hydroxyl groups is 1. The number of hydrogen-bond donors (Lipinski definition) is 2. The Hall–Kier alpha value is -2.78. The van der Waals surface area contributed by atoms with Crippen LogP contribution in [0.1, 0.15) is 18.5 Å². The SMILES string of the molecule is COCCN1C(=O)C(=O)/C(=C(/C)NCCO)[C@H]1c1cccc([N+](=O)[O-])c1. The number of allylic oxidation sites excluding steroid dienone is 1. The van der Waals surface area contributed by atoms with Crippen molar-refractivity contribution in [2.45, 2.75) is 13.0 Å². The Labute approximate surface area is 150 Å². The van der Waals surface area contributed by atoms with Crippen LogP contribution in [0, 0.1) is 10.1 Å². The molecule has 0 spiro atoms. The number of likely N-dealkylation sites (tertiary alicyclic amines) is 1. The number of nitro benzene ring substituents is 1. The fourth-order valence-electron chi connectivity index (χ4n) is 2.93. The second-order valence-electron chi connectivity index (χ2n) is 5.76. The lowest BCUT2D eigenvalue weighted by Gasteiger charge is -2.25. The van der Waals surface area contributed by atoms with Crippen LogP contribution >= 0.6 is 0 Å². The average molecular weight is 363 g/mol. The standard InChI is InChI=1S/C17H21N3O6/c1-11(18-6-8-21)14-15(12-4-3-5-13(10-12)20(24)25)19(7-9-26-2)17(23)16(14)22/h3-5,10,15,18,21H,6-9H2,1-2H3/b14-11-/t15-/m1/s1. The second-order valence-corrected chi connectivity index (χ2v) is 5.76. The van der Waals surface area contributed by atoms with Crippen LogP contribution < -0.4 is 5.32 Å². The van der Waals surface area contributed by atoms with Crippen molar-refractivity contribution in [3.63, 3.8) is 0 Å². The van der Waals surface area contributed by atoms with Crippen LogP contribution in [0.15, 0.2) is 35.5 Å². The predicted octanol–water partition coefficient (Wildman–Crippen LogP) is 0.550. The monoisotopic (exact) mass is 363 g/mol. The maximum absolute atomic E-state index is 12.6. The highest BCUT2D eigenvalue weighted by atomic mass is 16.6. The highest BCUT2D eigenvalue weighted by molar-refractivity contribution is 6.45. The Morgan fingerprint density at radius 2 is 2.15 bits per heavy atom. The van der Waals surface area contributed by atoms with E-state index in [-0.39, 0.29) is 37.6 Å². The molecule has 1 aliphatic rings. The van der Waals surface area contributed by atoms with Gasteiger partial charge in [0.05, 0.1) is 29.8 Å². The number of carbonyl (C=O) groups excluding carboxylic acids is 2. The van der Waals surface area contributed by atoms with Crippen molar-refractivity contribution in [1.29, 1.82) is 0 Å². The summed E-state index contributed by atoms with van der Waals surface area (Å²) in [5.41, 5.74) is 1.02. The van der Waals surface area contributed by atoms with E-state index in [2.05, 4.69) is 5.32 Å². The lowest BCUT2D eigenvalue weighted by molar-refractivity contribution is -0.384. The summed E-state index contributed by atoms with van der Waals surface area (Å²) in [6, 6.07) is 5.11.